The molecule has 2 aliphatic rings. The van der Waals surface area contributed by atoms with Gasteiger partial charge in [-0.3, -0.25) is 14.7 Å². The Labute approximate surface area is 145 Å². The Morgan fingerprint density at radius 1 is 1.04 bits per heavy atom. The van der Waals surface area contributed by atoms with E-state index in [0.29, 0.717) is 45.1 Å². The number of carbonyl (C=O) groups excluding carboxylic acids is 2. The quantitative estimate of drug-likeness (QED) is 0.892. The van der Waals surface area contributed by atoms with Gasteiger partial charge < -0.3 is 14.5 Å². The van der Waals surface area contributed by atoms with Crippen molar-refractivity contribution < 1.29 is 14.3 Å². The molecule has 7 nitrogen and oxygen atoms in total. The van der Waals surface area contributed by atoms with Crippen molar-refractivity contribution >= 4 is 22.7 Å². The SMILES string of the molecule is O=C(c1n[nH]c2ccccc12)N1CCN(C(=O)C2CCOCC2)CC1. The van der Waals surface area contributed by atoms with E-state index in [2.05, 4.69) is 10.2 Å². The highest BCUT2D eigenvalue weighted by molar-refractivity contribution is 6.04. The van der Waals surface area contributed by atoms with Gasteiger partial charge in [0, 0.05) is 50.7 Å². The van der Waals surface area contributed by atoms with Crippen LogP contribution in [0.4, 0.5) is 0 Å². The highest BCUT2D eigenvalue weighted by Gasteiger charge is 2.31. The van der Waals surface area contributed by atoms with Gasteiger partial charge in [-0.15, -0.1) is 0 Å². The number of aromatic amines is 1. The first kappa shape index (κ1) is 16.1. The molecule has 0 aliphatic carbocycles. The molecule has 2 fully saturated rings. The van der Waals surface area contributed by atoms with Crippen molar-refractivity contribution in [3.8, 4) is 0 Å². The molecule has 4 rings (SSSR count). The lowest BCUT2D eigenvalue weighted by molar-refractivity contribution is -0.140. The van der Waals surface area contributed by atoms with Gasteiger partial charge in [-0.25, -0.2) is 0 Å². The van der Waals surface area contributed by atoms with Gasteiger partial charge >= 0.3 is 0 Å². The highest BCUT2D eigenvalue weighted by atomic mass is 16.5. The van der Waals surface area contributed by atoms with Crippen LogP contribution in [0.1, 0.15) is 23.3 Å². The molecule has 0 unspecified atom stereocenters. The number of para-hydroxylation sites is 1. The fourth-order valence-corrected chi connectivity index (χ4v) is 3.61. The Kier molecular flexibility index (Phi) is 4.40. The van der Waals surface area contributed by atoms with Gasteiger partial charge in [0.05, 0.1) is 5.52 Å². The largest absolute Gasteiger partial charge is 0.381 e. The Hall–Kier alpha value is -2.41. The van der Waals surface area contributed by atoms with E-state index >= 15 is 0 Å². The van der Waals surface area contributed by atoms with E-state index in [0.717, 1.165) is 23.7 Å². The molecule has 7 heteroatoms. The number of nitrogens with zero attached hydrogens (tertiary/aromatic N) is 3. The summed E-state index contributed by atoms with van der Waals surface area (Å²) in [6, 6.07) is 7.62. The number of ether oxygens (including phenoxy) is 1. The minimum absolute atomic E-state index is 0.0735. The third-order valence-electron chi connectivity index (χ3n) is 5.12. The van der Waals surface area contributed by atoms with E-state index in [9.17, 15) is 9.59 Å². The lowest BCUT2D eigenvalue weighted by Gasteiger charge is -2.36. The number of piperazine rings is 1. The molecule has 0 atom stereocenters. The zero-order valence-corrected chi connectivity index (χ0v) is 14.1. The molecular formula is C18H22N4O3. The van der Waals surface area contributed by atoms with Crippen molar-refractivity contribution in [1.82, 2.24) is 20.0 Å². The molecule has 0 radical (unpaired) electrons. The second-order valence-corrected chi connectivity index (χ2v) is 6.62. The van der Waals surface area contributed by atoms with Gasteiger partial charge in [-0.2, -0.15) is 5.10 Å². The highest BCUT2D eigenvalue weighted by Crippen LogP contribution is 2.20. The number of aromatic nitrogens is 2. The minimum Gasteiger partial charge on any atom is -0.381 e. The van der Waals surface area contributed by atoms with Crippen molar-refractivity contribution in [1.29, 1.82) is 0 Å². The Morgan fingerprint density at radius 2 is 1.72 bits per heavy atom. The summed E-state index contributed by atoms with van der Waals surface area (Å²) in [5.74, 6) is 0.211. The number of amides is 2. The Balaban J connectivity index is 1.39. The third-order valence-corrected chi connectivity index (χ3v) is 5.12. The topological polar surface area (TPSA) is 78.5 Å². The minimum atomic E-state index is -0.0735. The van der Waals surface area contributed by atoms with Crippen LogP contribution in [0.25, 0.3) is 10.9 Å². The maximum atomic E-state index is 12.8. The summed E-state index contributed by atoms with van der Waals surface area (Å²) < 4.78 is 5.33. The van der Waals surface area contributed by atoms with E-state index in [-0.39, 0.29) is 17.7 Å². The van der Waals surface area contributed by atoms with E-state index in [1.165, 1.54) is 0 Å². The van der Waals surface area contributed by atoms with Crippen LogP contribution in [0.15, 0.2) is 24.3 Å². The molecule has 1 aromatic carbocycles. The maximum Gasteiger partial charge on any atom is 0.275 e. The van der Waals surface area contributed by atoms with Gasteiger partial charge in [0.25, 0.3) is 5.91 Å². The van der Waals surface area contributed by atoms with Gasteiger partial charge in [0.15, 0.2) is 5.69 Å². The summed E-state index contributed by atoms with van der Waals surface area (Å²) in [6.07, 6.45) is 1.61. The number of fused-ring (bicyclic) bond motifs is 1. The van der Waals surface area contributed by atoms with Gasteiger partial charge in [0.2, 0.25) is 5.91 Å². The summed E-state index contributed by atoms with van der Waals surface area (Å²) in [4.78, 5) is 29.0. The predicted molar refractivity (Wildman–Crippen MR) is 92.1 cm³/mol. The number of H-pyrrole nitrogens is 1. The van der Waals surface area contributed by atoms with Crippen LogP contribution in [-0.2, 0) is 9.53 Å². The second kappa shape index (κ2) is 6.84. The number of carbonyl (C=O) groups is 2. The molecule has 1 aromatic heterocycles. The molecule has 132 valence electrons. The first-order chi connectivity index (χ1) is 12.2. The van der Waals surface area contributed by atoms with Crippen molar-refractivity contribution in [2.45, 2.75) is 12.8 Å². The number of hydrogen-bond acceptors (Lipinski definition) is 4. The number of hydrogen-bond donors (Lipinski definition) is 1. The van der Waals surface area contributed by atoms with Crippen molar-refractivity contribution in [3.63, 3.8) is 0 Å². The molecule has 25 heavy (non-hydrogen) atoms. The monoisotopic (exact) mass is 342 g/mol. The standard InChI is InChI=1S/C18H22N4O3/c23-17(13-5-11-25-12-6-13)21-7-9-22(10-8-21)18(24)16-14-3-1-2-4-15(14)19-20-16/h1-4,13H,5-12H2,(H,19,20). The van der Waals surface area contributed by atoms with Crippen LogP contribution in [0, 0.1) is 5.92 Å². The molecule has 2 aliphatic heterocycles. The lowest BCUT2D eigenvalue weighted by Crippen LogP contribution is -2.52. The van der Waals surface area contributed by atoms with E-state index in [4.69, 9.17) is 4.74 Å². The van der Waals surface area contributed by atoms with Crippen LogP contribution >= 0.6 is 0 Å². The third kappa shape index (κ3) is 3.11. The Morgan fingerprint density at radius 3 is 2.48 bits per heavy atom. The fraction of sp³-hybridized carbons (Fsp3) is 0.500. The first-order valence-electron chi connectivity index (χ1n) is 8.83. The van der Waals surface area contributed by atoms with E-state index in [1.54, 1.807) is 4.90 Å². The first-order valence-corrected chi connectivity index (χ1v) is 8.83. The molecule has 0 saturated carbocycles. The molecular weight excluding hydrogens is 320 g/mol. The molecule has 3 heterocycles. The van der Waals surface area contributed by atoms with Crippen molar-refractivity contribution in [3.05, 3.63) is 30.0 Å². The lowest BCUT2D eigenvalue weighted by atomic mass is 9.98. The predicted octanol–water partition coefficient (Wildman–Crippen LogP) is 1.27. The smallest absolute Gasteiger partial charge is 0.275 e. The van der Waals surface area contributed by atoms with Gasteiger partial charge in [-0.05, 0) is 18.9 Å². The van der Waals surface area contributed by atoms with Crippen molar-refractivity contribution in [2.75, 3.05) is 39.4 Å². The molecule has 2 saturated heterocycles. The van der Waals surface area contributed by atoms with E-state index < -0.39 is 0 Å². The zero-order chi connectivity index (χ0) is 17.2. The number of nitrogens with one attached hydrogen (secondary N) is 1. The summed E-state index contributed by atoms with van der Waals surface area (Å²) >= 11 is 0. The van der Waals surface area contributed by atoms with Crippen LogP contribution in [0.3, 0.4) is 0 Å². The average Bonchev–Trinajstić information content (AvgIpc) is 3.12. The summed E-state index contributed by atoms with van der Waals surface area (Å²) in [7, 11) is 0. The molecule has 1 N–H and O–H groups in total. The number of rotatable bonds is 2. The summed E-state index contributed by atoms with van der Waals surface area (Å²) in [5, 5.41) is 7.93. The fourth-order valence-electron chi connectivity index (χ4n) is 3.61. The maximum absolute atomic E-state index is 12.8. The summed E-state index contributed by atoms with van der Waals surface area (Å²) in [6.45, 7) is 3.61. The van der Waals surface area contributed by atoms with E-state index in [1.807, 2.05) is 29.2 Å². The average molecular weight is 342 g/mol. The van der Waals surface area contributed by atoms with Gasteiger partial charge in [0.1, 0.15) is 0 Å². The number of benzene rings is 1. The normalized spacial score (nSPS) is 19.4. The van der Waals surface area contributed by atoms with Crippen LogP contribution in [0.5, 0.6) is 0 Å². The molecule has 0 spiro atoms. The summed E-state index contributed by atoms with van der Waals surface area (Å²) in [5.41, 5.74) is 1.32. The zero-order valence-electron chi connectivity index (χ0n) is 14.1. The molecule has 2 amide bonds. The van der Waals surface area contributed by atoms with Crippen LogP contribution < -0.4 is 0 Å². The van der Waals surface area contributed by atoms with Crippen molar-refractivity contribution in [2.24, 2.45) is 5.92 Å². The second-order valence-electron chi connectivity index (χ2n) is 6.62. The van der Waals surface area contributed by atoms with Crippen LogP contribution in [-0.4, -0.2) is 71.2 Å². The molecule has 0 bridgehead atoms. The Bertz CT molecular complexity index is 773. The van der Waals surface area contributed by atoms with Gasteiger partial charge in [-0.1, -0.05) is 18.2 Å². The molecule has 2 aromatic rings. The van der Waals surface area contributed by atoms with Crippen LogP contribution in [0.2, 0.25) is 0 Å².